The van der Waals surface area contributed by atoms with Gasteiger partial charge in [-0.2, -0.15) is 0 Å². The van der Waals surface area contributed by atoms with Gasteiger partial charge in [-0.1, -0.05) is 0 Å². The maximum absolute atomic E-state index is 11.5. The molecule has 15 heavy (non-hydrogen) atoms. The molecule has 0 amide bonds. The largest absolute Gasteiger partial charge is 0.458 e. The van der Waals surface area contributed by atoms with Gasteiger partial charge in [0.2, 0.25) is 5.95 Å². The second kappa shape index (κ2) is 4.72. The SMILES string of the molecule is CC(C)OC(=O)c1ccnc(N(C)C)n1. The van der Waals surface area contributed by atoms with E-state index >= 15 is 0 Å². The summed E-state index contributed by atoms with van der Waals surface area (Å²) in [5.74, 6) is 0.0729. The molecule has 82 valence electrons. The van der Waals surface area contributed by atoms with Crippen molar-refractivity contribution in [3.63, 3.8) is 0 Å². The number of carbonyl (C=O) groups is 1. The van der Waals surface area contributed by atoms with Gasteiger partial charge in [-0.25, -0.2) is 14.8 Å². The molecule has 0 N–H and O–H groups in total. The molecule has 0 saturated heterocycles. The van der Waals surface area contributed by atoms with Gasteiger partial charge in [0.15, 0.2) is 5.69 Å². The van der Waals surface area contributed by atoms with Gasteiger partial charge in [0.05, 0.1) is 6.10 Å². The van der Waals surface area contributed by atoms with Crippen molar-refractivity contribution >= 4 is 11.9 Å². The molecule has 0 aliphatic rings. The number of anilines is 1. The van der Waals surface area contributed by atoms with Crippen molar-refractivity contribution < 1.29 is 9.53 Å². The van der Waals surface area contributed by atoms with Crippen LogP contribution in [-0.4, -0.2) is 36.1 Å². The van der Waals surface area contributed by atoms with Crippen molar-refractivity contribution in [2.75, 3.05) is 19.0 Å². The minimum absolute atomic E-state index is 0.143. The van der Waals surface area contributed by atoms with Crippen LogP contribution in [-0.2, 0) is 4.74 Å². The van der Waals surface area contributed by atoms with Crippen LogP contribution in [0.5, 0.6) is 0 Å². The fraction of sp³-hybridized carbons (Fsp3) is 0.500. The lowest BCUT2D eigenvalue weighted by Gasteiger charge is -2.11. The van der Waals surface area contributed by atoms with Crippen molar-refractivity contribution in [1.29, 1.82) is 0 Å². The van der Waals surface area contributed by atoms with Crippen LogP contribution in [0.3, 0.4) is 0 Å². The van der Waals surface area contributed by atoms with Crippen LogP contribution in [0, 0.1) is 0 Å². The van der Waals surface area contributed by atoms with Crippen molar-refractivity contribution in [2.24, 2.45) is 0 Å². The Bertz CT molecular complexity index is 350. The summed E-state index contributed by atoms with van der Waals surface area (Å²) >= 11 is 0. The zero-order valence-corrected chi connectivity index (χ0v) is 9.39. The van der Waals surface area contributed by atoms with E-state index in [0.29, 0.717) is 5.95 Å². The summed E-state index contributed by atoms with van der Waals surface area (Å²) in [6.07, 6.45) is 1.40. The monoisotopic (exact) mass is 209 g/mol. The van der Waals surface area contributed by atoms with Gasteiger partial charge in [0.1, 0.15) is 0 Å². The van der Waals surface area contributed by atoms with Gasteiger partial charge in [0, 0.05) is 20.3 Å². The van der Waals surface area contributed by atoms with Gasteiger partial charge in [0.25, 0.3) is 0 Å². The minimum Gasteiger partial charge on any atom is -0.458 e. The first kappa shape index (κ1) is 11.4. The lowest BCUT2D eigenvalue weighted by molar-refractivity contribution is 0.0371. The normalized spacial score (nSPS) is 10.2. The number of rotatable bonds is 3. The van der Waals surface area contributed by atoms with Crippen LogP contribution in [0.4, 0.5) is 5.95 Å². The van der Waals surface area contributed by atoms with Crippen molar-refractivity contribution in [2.45, 2.75) is 20.0 Å². The fourth-order valence-electron chi connectivity index (χ4n) is 0.952. The van der Waals surface area contributed by atoms with Gasteiger partial charge < -0.3 is 9.64 Å². The molecule has 0 spiro atoms. The molecule has 0 aliphatic heterocycles. The molecule has 1 heterocycles. The predicted molar refractivity (Wildman–Crippen MR) is 56.9 cm³/mol. The fourth-order valence-corrected chi connectivity index (χ4v) is 0.952. The quantitative estimate of drug-likeness (QED) is 0.698. The summed E-state index contributed by atoms with van der Waals surface area (Å²) in [5, 5.41) is 0. The minimum atomic E-state index is -0.421. The van der Waals surface area contributed by atoms with Crippen molar-refractivity contribution in [3.8, 4) is 0 Å². The third-order valence-electron chi connectivity index (χ3n) is 1.59. The molecule has 0 radical (unpaired) electrons. The number of hydrogen-bond donors (Lipinski definition) is 0. The van der Waals surface area contributed by atoms with E-state index in [1.807, 2.05) is 14.1 Å². The highest BCUT2D eigenvalue weighted by molar-refractivity contribution is 5.87. The second-order valence-electron chi connectivity index (χ2n) is 3.59. The van der Waals surface area contributed by atoms with Crippen LogP contribution in [0.25, 0.3) is 0 Å². The van der Waals surface area contributed by atoms with Crippen LogP contribution in [0.2, 0.25) is 0 Å². The van der Waals surface area contributed by atoms with Gasteiger partial charge >= 0.3 is 5.97 Å². The van der Waals surface area contributed by atoms with E-state index in [4.69, 9.17) is 4.74 Å². The molecule has 0 atom stereocenters. The number of hydrogen-bond acceptors (Lipinski definition) is 5. The highest BCUT2D eigenvalue weighted by Crippen LogP contribution is 2.05. The zero-order chi connectivity index (χ0) is 11.4. The molecule has 1 aromatic heterocycles. The van der Waals surface area contributed by atoms with E-state index in [1.165, 1.54) is 6.07 Å². The van der Waals surface area contributed by atoms with Gasteiger partial charge in [-0.05, 0) is 19.9 Å². The molecular weight excluding hydrogens is 194 g/mol. The van der Waals surface area contributed by atoms with Gasteiger partial charge in [-0.15, -0.1) is 0 Å². The van der Waals surface area contributed by atoms with E-state index in [9.17, 15) is 4.79 Å². The maximum atomic E-state index is 11.5. The van der Waals surface area contributed by atoms with E-state index < -0.39 is 5.97 Å². The Kier molecular flexibility index (Phi) is 3.60. The van der Waals surface area contributed by atoms with Crippen LogP contribution < -0.4 is 4.90 Å². The van der Waals surface area contributed by atoms with Crippen LogP contribution in [0.15, 0.2) is 12.3 Å². The highest BCUT2D eigenvalue weighted by Gasteiger charge is 2.12. The molecule has 1 aromatic rings. The Morgan fingerprint density at radius 2 is 2.13 bits per heavy atom. The Hall–Kier alpha value is -1.65. The average Bonchev–Trinajstić information content (AvgIpc) is 2.17. The summed E-state index contributed by atoms with van der Waals surface area (Å²) in [5.41, 5.74) is 0.280. The Morgan fingerprint density at radius 1 is 1.47 bits per heavy atom. The number of nitrogens with zero attached hydrogens (tertiary/aromatic N) is 3. The van der Waals surface area contributed by atoms with E-state index in [0.717, 1.165) is 0 Å². The van der Waals surface area contributed by atoms with E-state index in [-0.39, 0.29) is 11.8 Å². The molecular formula is C10H15N3O2. The maximum Gasteiger partial charge on any atom is 0.357 e. The third kappa shape index (κ3) is 3.19. The molecule has 0 unspecified atom stereocenters. The molecule has 0 fully saturated rings. The Morgan fingerprint density at radius 3 is 2.67 bits per heavy atom. The topological polar surface area (TPSA) is 55.3 Å². The first-order valence-corrected chi connectivity index (χ1v) is 4.72. The summed E-state index contributed by atoms with van der Waals surface area (Å²) in [4.78, 5) is 21.3. The Labute approximate surface area is 89.1 Å². The van der Waals surface area contributed by atoms with Gasteiger partial charge in [-0.3, -0.25) is 0 Å². The lowest BCUT2D eigenvalue weighted by Crippen LogP contribution is -2.17. The third-order valence-corrected chi connectivity index (χ3v) is 1.59. The average molecular weight is 209 g/mol. The van der Waals surface area contributed by atoms with Crippen molar-refractivity contribution in [3.05, 3.63) is 18.0 Å². The first-order chi connectivity index (χ1) is 7.00. The standard InChI is InChI=1S/C10H15N3O2/c1-7(2)15-9(14)8-5-6-11-10(12-8)13(3)4/h5-7H,1-4H3. The molecule has 0 bridgehead atoms. The number of aromatic nitrogens is 2. The second-order valence-corrected chi connectivity index (χ2v) is 3.59. The van der Waals surface area contributed by atoms with Crippen LogP contribution >= 0.6 is 0 Å². The smallest absolute Gasteiger partial charge is 0.357 e. The summed E-state index contributed by atoms with van der Waals surface area (Å²) in [7, 11) is 3.62. The molecule has 0 aromatic carbocycles. The molecule has 1 rings (SSSR count). The number of carbonyl (C=O) groups excluding carboxylic acids is 1. The van der Waals surface area contributed by atoms with Crippen LogP contribution in [0.1, 0.15) is 24.3 Å². The predicted octanol–water partition coefficient (Wildman–Crippen LogP) is 1.11. The molecule has 5 heteroatoms. The highest BCUT2D eigenvalue weighted by atomic mass is 16.5. The summed E-state index contributed by atoms with van der Waals surface area (Å²) in [6.45, 7) is 3.60. The molecule has 0 aliphatic carbocycles. The van der Waals surface area contributed by atoms with E-state index in [2.05, 4.69) is 9.97 Å². The first-order valence-electron chi connectivity index (χ1n) is 4.72. The summed E-state index contributed by atoms with van der Waals surface area (Å²) in [6, 6.07) is 1.54. The molecule has 0 saturated carbocycles. The van der Waals surface area contributed by atoms with Crippen molar-refractivity contribution in [1.82, 2.24) is 9.97 Å². The molecule has 5 nitrogen and oxygen atoms in total. The number of ether oxygens (including phenoxy) is 1. The number of esters is 1. The lowest BCUT2D eigenvalue weighted by atomic mass is 10.4. The zero-order valence-electron chi connectivity index (χ0n) is 9.39. The Balaban J connectivity index is 2.85. The summed E-state index contributed by atoms with van der Waals surface area (Å²) < 4.78 is 5.02. The van der Waals surface area contributed by atoms with E-state index in [1.54, 1.807) is 24.9 Å².